The number of imidazole rings is 1. The first kappa shape index (κ1) is 21.3. The van der Waals surface area contributed by atoms with Crippen LogP contribution >= 0.6 is 34.4 Å². The quantitative estimate of drug-likeness (QED) is 0.417. The minimum atomic E-state index is -3.28. The Morgan fingerprint density at radius 3 is 2.87 bits per heavy atom. The van der Waals surface area contributed by atoms with Crippen molar-refractivity contribution in [3.8, 4) is 0 Å². The van der Waals surface area contributed by atoms with Crippen molar-refractivity contribution < 1.29 is 12.8 Å². The SMILES string of the molecule is Nc1ncnc2c1nc(Sc1cc3c(cc1I)CCC3F)n2CCNS(=O)(=O)C1CC1. The third-order valence-corrected chi connectivity index (χ3v) is 9.79. The minimum Gasteiger partial charge on any atom is -0.382 e. The molecule has 1 aromatic carbocycles. The average Bonchev–Trinajstić information content (AvgIpc) is 3.46. The number of hydrogen-bond donors (Lipinski definition) is 2. The first-order valence-electron chi connectivity index (χ1n) is 9.93. The van der Waals surface area contributed by atoms with Gasteiger partial charge in [-0.2, -0.15) is 0 Å². The van der Waals surface area contributed by atoms with Crippen LogP contribution < -0.4 is 10.5 Å². The highest BCUT2D eigenvalue weighted by Gasteiger charge is 2.35. The second-order valence-corrected chi connectivity index (χ2v) is 11.9. The molecule has 0 aliphatic heterocycles. The molecule has 0 spiro atoms. The molecule has 0 bridgehead atoms. The minimum absolute atomic E-state index is 0.218. The fourth-order valence-electron chi connectivity index (χ4n) is 3.74. The number of anilines is 1. The van der Waals surface area contributed by atoms with Crippen molar-refractivity contribution in [2.75, 3.05) is 12.3 Å². The van der Waals surface area contributed by atoms with Crippen LogP contribution in [0.2, 0.25) is 0 Å². The van der Waals surface area contributed by atoms with Gasteiger partial charge < -0.3 is 10.3 Å². The topological polar surface area (TPSA) is 116 Å². The lowest BCUT2D eigenvalue weighted by Crippen LogP contribution is -2.30. The second kappa shape index (κ2) is 8.12. The van der Waals surface area contributed by atoms with E-state index in [1.165, 1.54) is 18.1 Å². The number of rotatable bonds is 7. The van der Waals surface area contributed by atoms with Gasteiger partial charge >= 0.3 is 0 Å². The summed E-state index contributed by atoms with van der Waals surface area (Å²) in [5.74, 6) is 0.261. The van der Waals surface area contributed by atoms with E-state index in [4.69, 9.17) is 5.73 Å². The molecule has 0 amide bonds. The highest BCUT2D eigenvalue weighted by Crippen LogP contribution is 2.41. The molecule has 1 saturated carbocycles. The van der Waals surface area contributed by atoms with Crippen molar-refractivity contribution in [3.63, 3.8) is 0 Å². The fourth-order valence-corrected chi connectivity index (χ4v) is 6.94. The third kappa shape index (κ3) is 4.14. The number of fused-ring (bicyclic) bond motifs is 2. The normalized spacial score (nSPS) is 18.6. The summed E-state index contributed by atoms with van der Waals surface area (Å²) in [5, 5.41) is 0.333. The van der Waals surface area contributed by atoms with Crippen molar-refractivity contribution in [2.24, 2.45) is 0 Å². The molecule has 1 fully saturated rings. The van der Waals surface area contributed by atoms with E-state index in [2.05, 4.69) is 42.3 Å². The highest BCUT2D eigenvalue weighted by atomic mass is 127. The Kier molecular flexibility index (Phi) is 5.59. The molecular formula is C19H20FIN6O2S2. The number of nitrogen functional groups attached to an aromatic ring is 1. The number of alkyl halides is 1. The lowest BCUT2D eigenvalue weighted by molar-refractivity contribution is 0.343. The molecule has 1 atom stereocenters. The molecule has 2 aliphatic carbocycles. The molecule has 2 heterocycles. The van der Waals surface area contributed by atoms with Gasteiger partial charge in [0.05, 0.1) is 5.25 Å². The predicted molar refractivity (Wildman–Crippen MR) is 125 cm³/mol. The summed E-state index contributed by atoms with van der Waals surface area (Å²) < 4.78 is 44.2. The van der Waals surface area contributed by atoms with Gasteiger partial charge in [0.25, 0.3) is 0 Å². The maximum Gasteiger partial charge on any atom is 0.214 e. The Morgan fingerprint density at radius 1 is 1.29 bits per heavy atom. The lowest BCUT2D eigenvalue weighted by atomic mass is 10.1. The van der Waals surface area contributed by atoms with Crippen LogP contribution in [0, 0.1) is 3.57 Å². The molecule has 1 unspecified atom stereocenters. The van der Waals surface area contributed by atoms with Crippen LogP contribution in [0.25, 0.3) is 11.2 Å². The Morgan fingerprint density at radius 2 is 2.10 bits per heavy atom. The zero-order chi connectivity index (χ0) is 21.8. The standard InChI is InChI=1S/C19H20FIN6O2S2/c20-13-4-1-10-7-14(21)15(8-12(10)13)30-19-26-16-17(22)23-9-24-18(16)27(19)6-5-25-31(28,29)11-2-3-11/h7-9,11,13,25H,1-6H2,(H2,22,23,24). The highest BCUT2D eigenvalue weighted by molar-refractivity contribution is 14.1. The van der Waals surface area contributed by atoms with E-state index >= 15 is 0 Å². The molecular weight excluding hydrogens is 554 g/mol. The van der Waals surface area contributed by atoms with Gasteiger partial charge in [0.1, 0.15) is 12.5 Å². The molecule has 8 nitrogen and oxygen atoms in total. The number of halogens is 2. The van der Waals surface area contributed by atoms with E-state index in [-0.39, 0.29) is 17.6 Å². The van der Waals surface area contributed by atoms with Crippen molar-refractivity contribution >= 4 is 61.4 Å². The van der Waals surface area contributed by atoms with Gasteiger partial charge in [0.2, 0.25) is 10.0 Å². The number of nitrogens with zero attached hydrogens (tertiary/aromatic N) is 4. The number of hydrogen-bond acceptors (Lipinski definition) is 7. The van der Waals surface area contributed by atoms with E-state index in [1.54, 1.807) is 0 Å². The third-order valence-electron chi connectivity index (χ3n) is 5.53. The second-order valence-electron chi connectivity index (χ2n) is 7.71. The zero-order valence-electron chi connectivity index (χ0n) is 16.4. The first-order chi connectivity index (χ1) is 14.8. The van der Waals surface area contributed by atoms with Crippen molar-refractivity contribution in [2.45, 2.75) is 53.7 Å². The molecule has 2 aliphatic rings. The maximum absolute atomic E-state index is 14.3. The molecule has 0 saturated heterocycles. The largest absolute Gasteiger partial charge is 0.382 e. The summed E-state index contributed by atoms with van der Waals surface area (Å²) in [6, 6.07) is 3.93. The lowest BCUT2D eigenvalue weighted by Gasteiger charge is -2.12. The molecule has 0 radical (unpaired) electrons. The number of aryl methyl sites for hydroxylation is 1. The summed E-state index contributed by atoms with van der Waals surface area (Å²) >= 11 is 3.65. The molecule has 3 N–H and O–H groups in total. The van der Waals surface area contributed by atoms with Gasteiger partial charge in [-0.25, -0.2) is 32.5 Å². The Balaban J connectivity index is 1.47. The summed E-state index contributed by atoms with van der Waals surface area (Å²) in [7, 11) is -3.28. The van der Waals surface area contributed by atoms with Crippen LogP contribution in [-0.2, 0) is 23.0 Å². The van der Waals surface area contributed by atoms with E-state index in [9.17, 15) is 12.8 Å². The van der Waals surface area contributed by atoms with E-state index in [1.807, 2.05) is 16.7 Å². The van der Waals surface area contributed by atoms with Crippen LogP contribution in [0.4, 0.5) is 10.2 Å². The van der Waals surface area contributed by atoms with Crippen LogP contribution in [-0.4, -0.2) is 39.7 Å². The number of sulfonamides is 1. The van der Waals surface area contributed by atoms with Gasteiger partial charge in [-0.3, -0.25) is 0 Å². The van der Waals surface area contributed by atoms with Crippen LogP contribution in [0.15, 0.2) is 28.5 Å². The zero-order valence-corrected chi connectivity index (χ0v) is 20.2. The number of nitrogens with two attached hydrogens (primary N) is 1. The van der Waals surface area contributed by atoms with E-state index in [0.29, 0.717) is 42.1 Å². The average molecular weight is 574 g/mol. The number of nitrogens with one attached hydrogen (secondary N) is 1. The van der Waals surface area contributed by atoms with Crippen molar-refractivity contribution in [3.05, 3.63) is 33.2 Å². The molecule has 3 aromatic rings. The smallest absolute Gasteiger partial charge is 0.214 e. The fraction of sp³-hybridized carbons (Fsp3) is 0.421. The monoisotopic (exact) mass is 574 g/mol. The van der Waals surface area contributed by atoms with Crippen molar-refractivity contribution in [1.29, 1.82) is 0 Å². The van der Waals surface area contributed by atoms with Gasteiger partial charge in [0, 0.05) is 21.6 Å². The maximum atomic E-state index is 14.3. The Hall–Kier alpha value is -1.51. The molecule has 2 aromatic heterocycles. The van der Waals surface area contributed by atoms with Crippen LogP contribution in [0.1, 0.15) is 36.6 Å². The summed E-state index contributed by atoms with van der Waals surface area (Å²) in [5.41, 5.74) is 8.80. The molecule has 31 heavy (non-hydrogen) atoms. The van der Waals surface area contributed by atoms with Crippen LogP contribution in [0.5, 0.6) is 0 Å². The summed E-state index contributed by atoms with van der Waals surface area (Å²) in [6.45, 7) is 0.560. The first-order valence-corrected chi connectivity index (χ1v) is 13.4. The summed E-state index contributed by atoms with van der Waals surface area (Å²) in [4.78, 5) is 13.8. The predicted octanol–water partition coefficient (Wildman–Crippen LogP) is 3.20. The van der Waals surface area contributed by atoms with Gasteiger partial charge in [-0.05, 0) is 71.5 Å². The summed E-state index contributed by atoms with van der Waals surface area (Å²) in [6.07, 6.45) is 3.12. The van der Waals surface area contributed by atoms with E-state index < -0.39 is 16.2 Å². The van der Waals surface area contributed by atoms with Crippen LogP contribution in [0.3, 0.4) is 0 Å². The van der Waals surface area contributed by atoms with Gasteiger partial charge in [-0.1, -0.05) is 11.8 Å². The van der Waals surface area contributed by atoms with Crippen molar-refractivity contribution in [1.82, 2.24) is 24.2 Å². The van der Waals surface area contributed by atoms with E-state index in [0.717, 1.165) is 26.0 Å². The molecule has 5 rings (SSSR count). The Labute approximate surface area is 196 Å². The Bertz CT molecular complexity index is 1280. The number of aromatic nitrogens is 4. The molecule has 164 valence electrons. The number of benzene rings is 1. The van der Waals surface area contributed by atoms with Gasteiger partial charge in [-0.15, -0.1) is 0 Å². The van der Waals surface area contributed by atoms with Gasteiger partial charge in [0.15, 0.2) is 22.1 Å². The molecule has 12 heteroatoms.